The minimum Gasteiger partial charge on any atom is -0.444 e. The lowest BCUT2D eigenvalue weighted by atomic mass is 10.0. The van der Waals surface area contributed by atoms with Gasteiger partial charge in [0.25, 0.3) is 0 Å². The summed E-state index contributed by atoms with van der Waals surface area (Å²) in [6.45, 7) is 4.67. The summed E-state index contributed by atoms with van der Waals surface area (Å²) in [6.07, 6.45) is -1.18. The van der Waals surface area contributed by atoms with Gasteiger partial charge >= 0.3 is 6.09 Å². The van der Waals surface area contributed by atoms with Crippen LogP contribution in [-0.2, 0) is 20.7 Å². The molecule has 1 fully saturated rings. The lowest BCUT2D eigenvalue weighted by molar-refractivity contribution is -0.125. The fraction of sp³-hybridized carbons (Fsp3) is 0.458. The molecule has 0 spiro atoms. The van der Waals surface area contributed by atoms with Crippen molar-refractivity contribution in [2.24, 2.45) is 0 Å². The third-order valence-electron chi connectivity index (χ3n) is 5.82. The molecule has 5 atom stereocenters. The zero-order chi connectivity index (χ0) is 26.7. The van der Waals surface area contributed by atoms with Crippen LogP contribution in [0, 0.1) is 0 Å². The SMILES string of the molecule is CC(C)(C)OC(=O)N[C@@H](Cc1ccccc1)C(=O)N[C@H]1[C@@H](O)[C@H](n2cnc3c(N)ncnc32)O[C@@H]1CO. The van der Waals surface area contributed by atoms with Crippen LogP contribution in [0.15, 0.2) is 43.0 Å². The van der Waals surface area contributed by atoms with Gasteiger partial charge in [-0.1, -0.05) is 30.3 Å². The first-order valence-corrected chi connectivity index (χ1v) is 11.8. The van der Waals surface area contributed by atoms with Crippen molar-refractivity contribution in [1.82, 2.24) is 30.2 Å². The van der Waals surface area contributed by atoms with Crippen LogP contribution < -0.4 is 16.4 Å². The van der Waals surface area contributed by atoms with E-state index in [4.69, 9.17) is 15.2 Å². The fourth-order valence-corrected chi connectivity index (χ4v) is 4.14. The van der Waals surface area contributed by atoms with E-state index in [9.17, 15) is 19.8 Å². The Morgan fingerprint density at radius 2 is 1.95 bits per heavy atom. The van der Waals surface area contributed by atoms with Gasteiger partial charge in [0.2, 0.25) is 5.91 Å². The van der Waals surface area contributed by atoms with Gasteiger partial charge in [-0.2, -0.15) is 0 Å². The average Bonchev–Trinajstić information content (AvgIpc) is 3.40. The summed E-state index contributed by atoms with van der Waals surface area (Å²) in [4.78, 5) is 38.1. The Morgan fingerprint density at radius 3 is 2.62 bits per heavy atom. The van der Waals surface area contributed by atoms with Crippen LogP contribution in [0.25, 0.3) is 11.2 Å². The first-order chi connectivity index (χ1) is 17.6. The van der Waals surface area contributed by atoms with Crippen molar-refractivity contribution in [2.75, 3.05) is 12.3 Å². The Kier molecular flexibility index (Phi) is 7.57. The molecule has 6 N–H and O–H groups in total. The van der Waals surface area contributed by atoms with Crippen molar-refractivity contribution >= 4 is 29.0 Å². The van der Waals surface area contributed by atoms with Gasteiger partial charge in [-0.05, 0) is 26.3 Å². The third-order valence-corrected chi connectivity index (χ3v) is 5.82. The Bertz CT molecular complexity index is 1250. The van der Waals surface area contributed by atoms with Gasteiger partial charge < -0.3 is 36.1 Å². The predicted molar refractivity (Wildman–Crippen MR) is 132 cm³/mol. The number of anilines is 1. The van der Waals surface area contributed by atoms with Crippen molar-refractivity contribution in [2.45, 2.75) is 63.3 Å². The Labute approximate surface area is 213 Å². The molecule has 1 aliphatic heterocycles. The number of ether oxygens (including phenoxy) is 2. The summed E-state index contributed by atoms with van der Waals surface area (Å²) in [6, 6.07) is 7.12. The van der Waals surface area contributed by atoms with Crippen LogP contribution in [0.1, 0.15) is 32.6 Å². The number of amides is 2. The van der Waals surface area contributed by atoms with E-state index in [-0.39, 0.29) is 12.2 Å². The molecule has 0 saturated carbocycles. The third kappa shape index (κ3) is 5.96. The highest BCUT2D eigenvalue weighted by molar-refractivity contribution is 5.86. The van der Waals surface area contributed by atoms with Gasteiger partial charge in [0.05, 0.1) is 19.0 Å². The van der Waals surface area contributed by atoms with E-state index in [1.807, 2.05) is 30.3 Å². The maximum atomic E-state index is 13.4. The molecule has 198 valence electrons. The summed E-state index contributed by atoms with van der Waals surface area (Å²) >= 11 is 0. The van der Waals surface area contributed by atoms with Crippen molar-refractivity contribution in [1.29, 1.82) is 0 Å². The van der Waals surface area contributed by atoms with Gasteiger partial charge in [-0.25, -0.2) is 19.7 Å². The summed E-state index contributed by atoms with van der Waals surface area (Å²) in [5.74, 6) is -0.416. The monoisotopic (exact) mass is 513 g/mol. The Morgan fingerprint density at radius 1 is 1.22 bits per heavy atom. The highest BCUT2D eigenvalue weighted by Crippen LogP contribution is 2.32. The normalized spacial score (nSPS) is 22.5. The molecule has 2 aromatic heterocycles. The number of hydrogen-bond donors (Lipinski definition) is 5. The van der Waals surface area contributed by atoms with Crippen LogP contribution in [0.2, 0.25) is 0 Å². The number of rotatable bonds is 7. The van der Waals surface area contributed by atoms with Gasteiger partial charge in [-0.3, -0.25) is 9.36 Å². The molecule has 13 nitrogen and oxygen atoms in total. The van der Waals surface area contributed by atoms with Crippen LogP contribution in [0.4, 0.5) is 10.6 Å². The highest BCUT2D eigenvalue weighted by Gasteiger charge is 2.46. The highest BCUT2D eigenvalue weighted by atomic mass is 16.6. The number of aliphatic hydroxyl groups is 2. The molecule has 13 heteroatoms. The topological polar surface area (TPSA) is 187 Å². The van der Waals surface area contributed by atoms with E-state index in [0.717, 1.165) is 5.56 Å². The van der Waals surface area contributed by atoms with Crippen LogP contribution in [0.3, 0.4) is 0 Å². The first-order valence-electron chi connectivity index (χ1n) is 11.8. The maximum absolute atomic E-state index is 13.4. The summed E-state index contributed by atoms with van der Waals surface area (Å²) < 4.78 is 12.7. The Balaban J connectivity index is 1.54. The van der Waals surface area contributed by atoms with E-state index in [0.29, 0.717) is 11.2 Å². The second kappa shape index (κ2) is 10.7. The molecule has 1 saturated heterocycles. The van der Waals surface area contributed by atoms with Gasteiger partial charge in [0, 0.05) is 6.42 Å². The van der Waals surface area contributed by atoms with E-state index < -0.39 is 54.7 Å². The largest absolute Gasteiger partial charge is 0.444 e. The van der Waals surface area contributed by atoms with E-state index in [2.05, 4.69) is 25.6 Å². The van der Waals surface area contributed by atoms with Gasteiger partial charge in [0.1, 0.15) is 35.7 Å². The number of imidazole rings is 1. The summed E-state index contributed by atoms with van der Waals surface area (Å²) in [5.41, 5.74) is 6.55. The summed E-state index contributed by atoms with van der Waals surface area (Å²) in [7, 11) is 0. The molecule has 37 heavy (non-hydrogen) atoms. The minimum atomic E-state index is -1.28. The number of nitrogens with zero attached hydrogens (tertiary/aromatic N) is 4. The number of hydrogen-bond acceptors (Lipinski definition) is 10. The number of fused-ring (bicyclic) bond motifs is 1. The number of carbonyl (C=O) groups is 2. The van der Waals surface area contributed by atoms with Crippen LogP contribution in [0.5, 0.6) is 0 Å². The summed E-state index contributed by atoms with van der Waals surface area (Å²) in [5, 5.41) is 26.4. The van der Waals surface area contributed by atoms with E-state index in [1.54, 1.807) is 20.8 Å². The zero-order valence-electron chi connectivity index (χ0n) is 20.7. The minimum absolute atomic E-state index is 0.164. The quantitative estimate of drug-likeness (QED) is 0.294. The van der Waals surface area contributed by atoms with Crippen LogP contribution in [-0.4, -0.2) is 78.2 Å². The second-order valence-corrected chi connectivity index (χ2v) is 9.74. The average molecular weight is 514 g/mol. The molecule has 0 unspecified atom stereocenters. The molecule has 0 aliphatic carbocycles. The molecular formula is C24H31N7O6. The number of aliphatic hydroxyl groups excluding tert-OH is 2. The first kappa shape index (κ1) is 26.3. The number of aromatic nitrogens is 4. The fourth-order valence-electron chi connectivity index (χ4n) is 4.14. The van der Waals surface area contributed by atoms with E-state index in [1.165, 1.54) is 17.2 Å². The molecule has 3 aromatic rings. The standard InChI is InChI=1S/C24H31N7O6/c1-24(2,3)37-23(35)29-14(9-13-7-5-4-6-8-13)21(34)30-16-15(10-32)36-22(18(16)33)31-12-28-17-19(25)26-11-27-20(17)31/h4-8,11-12,14-16,18,22,32-33H,9-10H2,1-3H3,(H,29,35)(H,30,34)(H2,25,26,27)/t14-,15+,16+,18+,22+/m0/s1. The number of alkyl carbamates (subject to hydrolysis) is 1. The lowest BCUT2D eigenvalue weighted by Gasteiger charge is -2.26. The number of nitrogens with two attached hydrogens (primary N) is 1. The zero-order valence-corrected chi connectivity index (χ0v) is 20.7. The molecule has 2 amide bonds. The lowest BCUT2D eigenvalue weighted by Crippen LogP contribution is -2.56. The van der Waals surface area contributed by atoms with Crippen molar-refractivity contribution in [3.8, 4) is 0 Å². The van der Waals surface area contributed by atoms with Gasteiger partial charge in [0.15, 0.2) is 17.7 Å². The number of benzene rings is 1. The molecule has 3 heterocycles. The Hall–Kier alpha value is -3.81. The molecule has 1 aromatic carbocycles. The van der Waals surface area contributed by atoms with E-state index >= 15 is 0 Å². The van der Waals surface area contributed by atoms with Crippen molar-refractivity contribution in [3.05, 3.63) is 48.5 Å². The number of nitrogen functional groups attached to an aromatic ring is 1. The van der Waals surface area contributed by atoms with Crippen molar-refractivity contribution < 1.29 is 29.3 Å². The second-order valence-electron chi connectivity index (χ2n) is 9.74. The van der Waals surface area contributed by atoms with Crippen molar-refractivity contribution in [3.63, 3.8) is 0 Å². The molecule has 0 radical (unpaired) electrons. The van der Waals surface area contributed by atoms with Gasteiger partial charge in [-0.15, -0.1) is 0 Å². The van der Waals surface area contributed by atoms with Crippen LogP contribution >= 0.6 is 0 Å². The maximum Gasteiger partial charge on any atom is 0.408 e. The number of carbonyl (C=O) groups excluding carboxylic acids is 2. The predicted octanol–water partition coefficient (Wildman–Crippen LogP) is 0.280. The molecular weight excluding hydrogens is 482 g/mol. The number of nitrogens with one attached hydrogen (secondary N) is 2. The molecule has 0 bridgehead atoms. The smallest absolute Gasteiger partial charge is 0.408 e. The molecule has 1 aliphatic rings. The molecule has 4 rings (SSSR count).